The third-order valence-electron chi connectivity index (χ3n) is 2.72. The van der Waals surface area contributed by atoms with Crippen LogP contribution in [-0.4, -0.2) is 14.8 Å². The molecule has 0 aromatic carbocycles. The molecule has 2 unspecified atom stereocenters. The van der Waals surface area contributed by atoms with Crippen LogP contribution in [-0.2, 0) is 5.41 Å². The molecule has 4 heteroatoms. The van der Waals surface area contributed by atoms with Crippen LogP contribution in [0.3, 0.4) is 0 Å². The average molecular weight is 214 g/mol. The Morgan fingerprint density at radius 2 is 1.93 bits per heavy atom. The SMILES string of the molecule is CC1CC1n1c(Cl)nnc1C(C)(C)C. The summed E-state index contributed by atoms with van der Waals surface area (Å²) in [6, 6.07) is 0.520. The normalized spacial score (nSPS) is 26.6. The molecule has 1 aliphatic rings. The highest BCUT2D eigenvalue weighted by molar-refractivity contribution is 6.28. The van der Waals surface area contributed by atoms with Gasteiger partial charge in [0.05, 0.1) is 0 Å². The first-order valence-electron chi connectivity index (χ1n) is 5.02. The van der Waals surface area contributed by atoms with Crippen molar-refractivity contribution in [3.63, 3.8) is 0 Å². The maximum atomic E-state index is 6.04. The van der Waals surface area contributed by atoms with Crippen LogP contribution in [0.2, 0.25) is 5.28 Å². The lowest BCUT2D eigenvalue weighted by Gasteiger charge is -2.18. The Balaban J connectivity index is 2.42. The number of aromatic nitrogens is 3. The van der Waals surface area contributed by atoms with Crippen LogP contribution in [0.25, 0.3) is 0 Å². The average Bonchev–Trinajstić information content (AvgIpc) is 2.58. The van der Waals surface area contributed by atoms with E-state index in [4.69, 9.17) is 11.6 Å². The Bertz CT molecular complexity index is 351. The fourth-order valence-corrected chi connectivity index (χ4v) is 1.98. The molecule has 0 amide bonds. The molecular formula is C10H16ClN3. The first kappa shape index (κ1) is 9.97. The van der Waals surface area contributed by atoms with Gasteiger partial charge in [0.2, 0.25) is 5.28 Å². The first-order valence-corrected chi connectivity index (χ1v) is 5.40. The highest BCUT2D eigenvalue weighted by Gasteiger charge is 2.39. The van der Waals surface area contributed by atoms with Gasteiger partial charge in [-0.25, -0.2) is 0 Å². The zero-order chi connectivity index (χ0) is 10.5. The minimum atomic E-state index is 0.0163. The van der Waals surface area contributed by atoms with Crippen LogP contribution in [0.15, 0.2) is 0 Å². The standard InChI is InChI=1S/C10H16ClN3/c1-6-5-7(6)14-8(10(2,3)4)12-13-9(14)11/h6-7H,5H2,1-4H3. The van der Waals surface area contributed by atoms with E-state index in [0.29, 0.717) is 17.2 Å². The molecule has 78 valence electrons. The molecule has 0 bridgehead atoms. The summed E-state index contributed by atoms with van der Waals surface area (Å²) in [5, 5.41) is 8.65. The maximum Gasteiger partial charge on any atom is 0.225 e. The lowest BCUT2D eigenvalue weighted by molar-refractivity contribution is 0.494. The Kier molecular flexibility index (Phi) is 2.11. The van der Waals surface area contributed by atoms with E-state index >= 15 is 0 Å². The van der Waals surface area contributed by atoms with Crippen molar-refractivity contribution in [3.05, 3.63) is 11.1 Å². The van der Waals surface area contributed by atoms with Crippen molar-refractivity contribution in [2.75, 3.05) is 0 Å². The summed E-state index contributed by atoms with van der Waals surface area (Å²) in [5.41, 5.74) is 0.0163. The van der Waals surface area contributed by atoms with Gasteiger partial charge in [0, 0.05) is 11.5 Å². The van der Waals surface area contributed by atoms with Crippen molar-refractivity contribution in [2.24, 2.45) is 5.92 Å². The number of halogens is 1. The van der Waals surface area contributed by atoms with Crippen LogP contribution in [0.5, 0.6) is 0 Å². The molecule has 1 aliphatic carbocycles. The zero-order valence-electron chi connectivity index (χ0n) is 9.08. The lowest BCUT2D eigenvalue weighted by atomic mass is 9.95. The first-order chi connectivity index (χ1) is 6.41. The molecular weight excluding hydrogens is 198 g/mol. The third kappa shape index (κ3) is 1.54. The summed E-state index contributed by atoms with van der Waals surface area (Å²) in [6.45, 7) is 8.64. The van der Waals surface area contributed by atoms with Gasteiger partial charge in [-0.05, 0) is 23.9 Å². The fourth-order valence-electron chi connectivity index (χ4n) is 1.74. The molecule has 2 rings (SSSR count). The quantitative estimate of drug-likeness (QED) is 0.718. The van der Waals surface area contributed by atoms with E-state index < -0.39 is 0 Å². The zero-order valence-corrected chi connectivity index (χ0v) is 9.84. The molecule has 1 aromatic rings. The lowest BCUT2D eigenvalue weighted by Crippen LogP contribution is -2.19. The smallest absolute Gasteiger partial charge is 0.225 e. The molecule has 0 saturated heterocycles. The second kappa shape index (κ2) is 2.96. The van der Waals surface area contributed by atoms with Gasteiger partial charge in [-0.3, -0.25) is 4.57 Å². The molecule has 0 aliphatic heterocycles. The van der Waals surface area contributed by atoms with Crippen LogP contribution in [0.4, 0.5) is 0 Å². The largest absolute Gasteiger partial charge is 0.298 e. The summed E-state index contributed by atoms with van der Waals surface area (Å²) >= 11 is 6.04. The molecule has 0 spiro atoms. The van der Waals surface area contributed by atoms with Crippen LogP contribution >= 0.6 is 11.6 Å². The molecule has 1 fully saturated rings. The molecule has 1 aromatic heterocycles. The van der Waals surface area contributed by atoms with Gasteiger partial charge in [0.1, 0.15) is 5.82 Å². The predicted molar refractivity (Wildman–Crippen MR) is 56.6 cm³/mol. The van der Waals surface area contributed by atoms with Gasteiger partial charge in [0.25, 0.3) is 0 Å². The van der Waals surface area contributed by atoms with Gasteiger partial charge in [-0.15, -0.1) is 10.2 Å². The number of nitrogens with zero attached hydrogens (tertiary/aromatic N) is 3. The second-order valence-electron chi connectivity index (χ2n) is 5.19. The van der Waals surface area contributed by atoms with Crippen molar-refractivity contribution in [2.45, 2.75) is 45.6 Å². The summed E-state index contributed by atoms with van der Waals surface area (Å²) < 4.78 is 2.09. The number of hydrogen-bond acceptors (Lipinski definition) is 2. The summed E-state index contributed by atoms with van der Waals surface area (Å²) in [7, 11) is 0. The number of hydrogen-bond donors (Lipinski definition) is 0. The third-order valence-corrected chi connectivity index (χ3v) is 2.98. The van der Waals surface area contributed by atoms with Crippen LogP contribution in [0, 0.1) is 5.92 Å². The molecule has 14 heavy (non-hydrogen) atoms. The highest BCUT2D eigenvalue weighted by atomic mass is 35.5. The van der Waals surface area contributed by atoms with E-state index in [1.807, 2.05) is 0 Å². The summed E-state index contributed by atoms with van der Waals surface area (Å²) in [4.78, 5) is 0. The van der Waals surface area contributed by atoms with Gasteiger partial charge in [0.15, 0.2) is 0 Å². The molecule has 0 radical (unpaired) electrons. The molecule has 2 atom stereocenters. The Morgan fingerprint density at radius 1 is 1.36 bits per heavy atom. The molecule has 3 nitrogen and oxygen atoms in total. The van der Waals surface area contributed by atoms with Gasteiger partial charge in [-0.2, -0.15) is 0 Å². The minimum Gasteiger partial charge on any atom is -0.298 e. The van der Waals surface area contributed by atoms with E-state index in [2.05, 4.69) is 42.5 Å². The molecule has 0 N–H and O–H groups in total. The fraction of sp³-hybridized carbons (Fsp3) is 0.800. The second-order valence-corrected chi connectivity index (χ2v) is 5.53. The predicted octanol–water partition coefficient (Wildman–Crippen LogP) is 2.81. The van der Waals surface area contributed by atoms with Crippen LogP contribution < -0.4 is 0 Å². The molecule has 1 heterocycles. The van der Waals surface area contributed by atoms with E-state index in [1.54, 1.807) is 0 Å². The van der Waals surface area contributed by atoms with Crippen molar-refractivity contribution in [3.8, 4) is 0 Å². The Hall–Kier alpha value is -0.570. The van der Waals surface area contributed by atoms with E-state index in [9.17, 15) is 0 Å². The maximum absolute atomic E-state index is 6.04. The minimum absolute atomic E-state index is 0.0163. The van der Waals surface area contributed by atoms with Gasteiger partial charge >= 0.3 is 0 Å². The van der Waals surface area contributed by atoms with Gasteiger partial charge in [-0.1, -0.05) is 27.7 Å². The summed E-state index contributed by atoms with van der Waals surface area (Å²) in [5.74, 6) is 1.71. The van der Waals surface area contributed by atoms with E-state index in [0.717, 1.165) is 5.82 Å². The Labute approximate surface area is 89.5 Å². The van der Waals surface area contributed by atoms with Crippen molar-refractivity contribution >= 4 is 11.6 Å². The van der Waals surface area contributed by atoms with Crippen molar-refractivity contribution < 1.29 is 0 Å². The summed E-state index contributed by atoms with van der Waals surface area (Å²) in [6.07, 6.45) is 1.20. The number of rotatable bonds is 1. The molecule has 1 saturated carbocycles. The Morgan fingerprint density at radius 3 is 2.36 bits per heavy atom. The highest BCUT2D eigenvalue weighted by Crippen LogP contribution is 2.45. The monoisotopic (exact) mass is 213 g/mol. The van der Waals surface area contributed by atoms with Crippen molar-refractivity contribution in [1.82, 2.24) is 14.8 Å². The van der Waals surface area contributed by atoms with Crippen molar-refractivity contribution in [1.29, 1.82) is 0 Å². The van der Waals surface area contributed by atoms with Crippen LogP contribution in [0.1, 0.15) is 46.0 Å². The van der Waals surface area contributed by atoms with E-state index in [1.165, 1.54) is 6.42 Å². The topological polar surface area (TPSA) is 30.7 Å². The van der Waals surface area contributed by atoms with E-state index in [-0.39, 0.29) is 5.41 Å². The van der Waals surface area contributed by atoms with Gasteiger partial charge < -0.3 is 0 Å².